The molecule has 1 unspecified atom stereocenters. The van der Waals surface area contributed by atoms with Gasteiger partial charge in [0.05, 0.1) is 0 Å². The van der Waals surface area contributed by atoms with Crippen LogP contribution in [0.25, 0.3) is 0 Å². The van der Waals surface area contributed by atoms with Crippen LogP contribution in [0.4, 0.5) is 0 Å². The highest BCUT2D eigenvalue weighted by molar-refractivity contribution is 4.73. The van der Waals surface area contributed by atoms with Gasteiger partial charge in [0.15, 0.2) is 0 Å². The molecule has 3 heteroatoms. The number of aliphatic hydroxyl groups is 1. The summed E-state index contributed by atoms with van der Waals surface area (Å²) in [5, 5.41) is 12.6. The molecule has 0 amide bonds. The van der Waals surface area contributed by atoms with Gasteiger partial charge in [0.1, 0.15) is 0 Å². The van der Waals surface area contributed by atoms with Gasteiger partial charge in [-0.1, -0.05) is 27.2 Å². The van der Waals surface area contributed by atoms with Crippen molar-refractivity contribution in [3.63, 3.8) is 0 Å². The molecule has 0 rings (SSSR count). The maximum Gasteiger partial charge on any atom is 0.0496 e. The van der Waals surface area contributed by atoms with Gasteiger partial charge < -0.3 is 15.2 Å². The maximum absolute atomic E-state index is 9.22. The summed E-state index contributed by atoms with van der Waals surface area (Å²) in [4.78, 5) is 0. The van der Waals surface area contributed by atoms with Crippen LogP contribution in [0.5, 0.6) is 0 Å². The summed E-state index contributed by atoms with van der Waals surface area (Å²) >= 11 is 0. The van der Waals surface area contributed by atoms with Gasteiger partial charge in [0.2, 0.25) is 0 Å². The van der Waals surface area contributed by atoms with E-state index in [-0.39, 0.29) is 12.0 Å². The molecule has 1 atom stereocenters. The normalized spacial score (nSPS) is 15.0. The summed E-state index contributed by atoms with van der Waals surface area (Å²) in [5.74, 6) is 0. The molecule has 0 aliphatic carbocycles. The topological polar surface area (TPSA) is 41.5 Å². The second-order valence-corrected chi connectivity index (χ2v) is 4.82. The number of hydrogen-bond acceptors (Lipinski definition) is 3. The van der Waals surface area contributed by atoms with Crippen molar-refractivity contribution in [1.82, 2.24) is 5.32 Å². The minimum Gasteiger partial charge on any atom is -0.396 e. The molecule has 0 aliphatic rings. The van der Waals surface area contributed by atoms with E-state index in [0.717, 1.165) is 45.6 Å². The van der Waals surface area contributed by atoms with Crippen LogP contribution in [-0.4, -0.2) is 38.0 Å². The third-order valence-corrected chi connectivity index (χ3v) is 3.07. The summed E-state index contributed by atoms with van der Waals surface area (Å²) in [6, 6.07) is 0. The molecule has 3 nitrogen and oxygen atoms in total. The third-order valence-electron chi connectivity index (χ3n) is 3.07. The molecule has 0 aromatic heterocycles. The van der Waals surface area contributed by atoms with E-state index < -0.39 is 0 Å². The van der Waals surface area contributed by atoms with Crippen molar-refractivity contribution >= 4 is 0 Å². The highest BCUT2D eigenvalue weighted by Crippen LogP contribution is 2.18. The summed E-state index contributed by atoms with van der Waals surface area (Å²) in [5.41, 5.74) is 0.0308. The lowest BCUT2D eigenvalue weighted by molar-refractivity contribution is 0.121. The molecule has 0 aromatic carbocycles. The fraction of sp³-hybridized carbons (Fsp3) is 1.00. The minimum atomic E-state index is 0.0308. The summed E-state index contributed by atoms with van der Waals surface area (Å²) in [6.07, 6.45) is 4.41. The van der Waals surface area contributed by atoms with Crippen LogP contribution in [0.3, 0.4) is 0 Å². The number of ether oxygens (including phenoxy) is 1. The van der Waals surface area contributed by atoms with E-state index in [1.807, 2.05) is 0 Å². The van der Waals surface area contributed by atoms with Crippen LogP contribution < -0.4 is 5.32 Å². The zero-order valence-corrected chi connectivity index (χ0v) is 11.2. The molecular formula is C13H29NO2. The van der Waals surface area contributed by atoms with Crippen molar-refractivity contribution in [3.8, 4) is 0 Å². The quantitative estimate of drug-likeness (QED) is 0.536. The average Bonchev–Trinajstić information content (AvgIpc) is 2.32. The fourth-order valence-corrected chi connectivity index (χ4v) is 1.33. The number of hydrogen-bond donors (Lipinski definition) is 2. The van der Waals surface area contributed by atoms with Crippen LogP contribution in [0, 0.1) is 5.41 Å². The molecule has 0 bridgehead atoms. The Bertz CT molecular complexity index is 147. The van der Waals surface area contributed by atoms with Crippen molar-refractivity contribution in [2.24, 2.45) is 5.41 Å². The van der Waals surface area contributed by atoms with E-state index in [0.29, 0.717) is 0 Å². The first kappa shape index (κ1) is 15.9. The van der Waals surface area contributed by atoms with Gasteiger partial charge >= 0.3 is 0 Å². The van der Waals surface area contributed by atoms with Gasteiger partial charge in [-0.25, -0.2) is 0 Å². The maximum atomic E-state index is 9.22. The molecule has 0 saturated heterocycles. The van der Waals surface area contributed by atoms with Gasteiger partial charge in [-0.15, -0.1) is 0 Å². The predicted octanol–water partition coefficient (Wildman–Crippen LogP) is 2.19. The van der Waals surface area contributed by atoms with E-state index >= 15 is 0 Å². The second-order valence-electron chi connectivity index (χ2n) is 4.82. The Balaban J connectivity index is 3.26. The molecule has 0 fully saturated rings. The Morgan fingerprint density at radius 2 is 1.88 bits per heavy atom. The van der Waals surface area contributed by atoms with Crippen molar-refractivity contribution in [2.75, 3.05) is 32.9 Å². The lowest BCUT2D eigenvalue weighted by atomic mass is 9.89. The fourth-order valence-electron chi connectivity index (χ4n) is 1.33. The molecule has 0 aromatic rings. The standard InChI is InChI=1S/C13H29NO2/c1-4-6-9-16-10-7-8-14-11-13(3,5-2)12-15/h14-15H,4-12H2,1-3H3. The van der Waals surface area contributed by atoms with Crippen LogP contribution in [-0.2, 0) is 4.74 Å². The van der Waals surface area contributed by atoms with Gasteiger partial charge in [0.25, 0.3) is 0 Å². The zero-order valence-electron chi connectivity index (χ0n) is 11.2. The van der Waals surface area contributed by atoms with Crippen molar-refractivity contribution in [1.29, 1.82) is 0 Å². The molecule has 0 radical (unpaired) electrons. The Hall–Kier alpha value is -0.120. The van der Waals surface area contributed by atoms with E-state index in [9.17, 15) is 5.11 Å². The summed E-state index contributed by atoms with van der Waals surface area (Å²) < 4.78 is 5.47. The number of aliphatic hydroxyl groups excluding tert-OH is 1. The monoisotopic (exact) mass is 231 g/mol. The van der Waals surface area contributed by atoms with Crippen LogP contribution in [0.2, 0.25) is 0 Å². The zero-order chi connectivity index (χ0) is 12.3. The molecule has 2 N–H and O–H groups in total. The van der Waals surface area contributed by atoms with E-state index in [1.54, 1.807) is 0 Å². The minimum absolute atomic E-state index is 0.0308. The lowest BCUT2D eigenvalue weighted by Gasteiger charge is -2.25. The molecule has 0 aliphatic heterocycles. The summed E-state index contributed by atoms with van der Waals surface area (Å²) in [6.45, 7) is 10.2. The van der Waals surface area contributed by atoms with Gasteiger partial charge in [0, 0.05) is 31.8 Å². The molecule has 0 spiro atoms. The molecule has 16 heavy (non-hydrogen) atoms. The Labute approximate surface area is 101 Å². The number of unbranched alkanes of at least 4 members (excludes halogenated alkanes) is 1. The first-order chi connectivity index (χ1) is 7.68. The average molecular weight is 231 g/mol. The third kappa shape index (κ3) is 8.08. The molecule has 0 heterocycles. The Kier molecular flexibility index (Phi) is 9.99. The Morgan fingerprint density at radius 1 is 1.19 bits per heavy atom. The van der Waals surface area contributed by atoms with Crippen molar-refractivity contribution in [3.05, 3.63) is 0 Å². The van der Waals surface area contributed by atoms with E-state index in [4.69, 9.17) is 4.74 Å². The van der Waals surface area contributed by atoms with Crippen molar-refractivity contribution < 1.29 is 9.84 Å². The van der Waals surface area contributed by atoms with Gasteiger partial charge in [-0.05, 0) is 25.8 Å². The summed E-state index contributed by atoms with van der Waals surface area (Å²) in [7, 11) is 0. The first-order valence-corrected chi connectivity index (χ1v) is 6.58. The largest absolute Gasteiger partial charge is 0.396 e. The van der Waals surface area contributed by atoms with Gasteiger partial charge in [-0.3, -0.25) is 0 Å². The highest BCUT2D eigenvalue weighted by Gasteiger charge is 2.19. The lowest BCUT2D eigenvalue weighted by Crippen LogP contribution is -2.35. The number of rotatable bonds is 11. The van der Waals surface area contributed by atoms with Crippen LogP contribution >= 0.6 is 0 Å². The predicted molar refractivity (Wildman–Crippen MR) is 68.7 cm³/mol. The highest BCUT2D eigenvalue weighted by atomic mass is 16.5. The second kappa shape index (κ2) is 10.1. The van der Waals surface area contributed by atoms with Crippen LogP contribution in [0.15, 0.2) is 0 Å². The Morgan fingerprint density at radius 3 is 2.44 bits per heavy atom. The van der Waals surface area contributed by atoms with E-state index in [2.05, 4.69) is 26.1 Å². The first-order valence-electron chi connectivity index (χ1n) is 6.58. The molecular weight excluding hydrogens is 202 g/mol. The molecule has 98 valence electrons. The molecule has 0 saturated carbocycles. The smallest absolute Gasteiger partial charge is 0.0496 e. The van der Waals surface area contributed by atoms with Crippen LogP contribution in [0.1, 0.15) is 46.5 Å². The van der Waals surface area contributed by atoms with E-state index in [1.165, 1.54) is 6.42 Å². The van der Waals surface area contributed by atoms with Crippen molar-refractivity contribution in [2.45, 2.75) is 46.5 Å². The van der Waals surface area contributed by atoms with Gasteiger partial charge in [-0.2, -0.15) is 0 Å². The SMILES string of the molecule is CCCCOCCCNCC(C)(CC)CO. The number of nitrogens with one attached hydrogen (secondary N) is 1.